The molecule has 1 aliphatic rings. The second kappa shape index (κ2) is 8.24. The fraction of sp³-hybridized carbons (Fsp3) is 0.190. The lowest BCUT2D eigenvalue weighted by Gasteiger charge is -2.27. The van der Waals surface area contributed by atoms with E-state index in [4.69, 9.17) is 4.74 Å². The first-order chi connectivity index (χ1) is 13.7. The summed E-state index contributed by atoms with van der Waals surface area (Å²) in [7, 11) is 0. The summed E-state index contributed by atoms with van der Waals surface area (Å²) in [5.74, 6) is -1.26. The second-order valence-corrected chi connectivity index (χ2v) is 7.67. The summed E-state index contributed by atoms with van der Waals surface area (Å²) < 4.78 is 5.90. The molecule has 0 bridgehead atoms. The molecule has 7 nitrogen and oxygen atoms in total. The van der Waals surface area contributed by atoms with Gasteiger partial charge in [-0.3, -0.25) is 14.9 Å². The van der Waals surface area contributed by atoms with Crippen LogP contribution in [0.1, 0.15) is 23.6 Å². The standard InChI is InChI=1S/C21H19IN2O5/c1-4-29-17-10-13(9-16(22)18(17)25)8-15-19(26)23-21(28)24(20(15)27)14-6-5-11(2)12(3)7-14/h5-10,25H,4H2,1-3H3,(H,23,26,28)/b15-8-. The number of aryl methyl sites for hydroxylation is 2. The highest BCUT2D eigenvalue weighted by atomic mass is 127. The van der Waals surface area contributed by atoms with Crippen LogP contribution >= 0.6 is 22.6 Å². The minimum Gasteiger partial charge on any atom is -0.504 e. The summed E-state index contributed by atoms with van der Waals surface area (Å²) in [6.45, 7) is 5.93. The molecule has 1 fully saturated rings. The van der Waals surface area contributed by atoms with Crippen LogP contribution < -0.4 is 15.0 Å². The van der Waals surface area contributed by atoms with Gasteiger partial charge >= 0.3 is 6.03 Å². The van der Waals surface area contributed by atoms with Crippen molar-refractivity contribution in [3.05, 3.63) is 56.2 Å². The highest BCUT2D eigenvalue weighted by Crippen LogP contribution is 2.34. The van der Waals surface area contributed by atoms with E-state index in [2.05, 4.69) is 5.32 Å². The predicted molar refractivity (Wildman–Crippen MR) is 117 cm³/mol. The van der Waals surface area contributed by atoms with E-state index in [1.54, 1.807) is 25.1 Å². The highest BCUT2D eigenvalue weighted by molar-refractivity contribution is 14.1. The van der Waals surface area contributed by atoms with Crippen LogP contribution in [0, 0.1) is 17.4 Å². The molecule has 3 rings (SSSR count). The van der Waals surface area contributed by atoms with Gasteiger partial charge in [-0.05, 0) is 90.4 Å². The number of rotatable bonds is 4. The van der Waals surface area contributed by atoms with Crippen LogP contribution in [0.3, 0.4) is 0 Å². The highest BCUT2D eigenvalue weighted by Gasteiger charge is 2.37. The number of aromatic hydroxyl groups is 1. The van der Waals surface area contributed by atoms with E-state index in [1.807, 2.05) is 42.5 Å². The van der Waals surface area contributed by atoms with Crippen LogP contribution in [0.2, 0.25) is 0 Å². The summed E-state index contributed by atoms with van der Waals surface area (Å²) in [5.41, 5.74) is 2.62. The minimum atomic E-state index is -0.796. The molecule has 0 aliphatic carbocycles. The first-order valence-corrected chi connectivity index (χ1v) is 9.94. The zero-order chi connectivity index (χ0) is 21.3. The molecular weight excluding hydrogens is 487 g/mol. The number of nitrogens with zero attached hydrogens (tertiary/aromatic N) is 1. The van der Waals surface area contributed by atoms with Crippen molar-refractivity contribution in [3.63, 3.8) is 0 Å². The number of imide groups is 2. The van der Waals surface area contributed by atoms with E-state index in [0.717, 1.165) is 16.0 Å². The maximum absolute atomic E-state index is 13.0. The number of halogens is 1. The van der Waals surface area contributed by atoms with Crippen molar-refractivity contribution < 1.29 is 24.2 Å². The monoisotopic (exact) mass is 506 g/mol. The number of hydrogen-bond donors (Lipinski definition) is 2. The van der Waals surface area contributed by atoms with E-state index >= 15 is 0 Å². The molecule has 1 saturated heterocycles. The fourth-order valence-corrected chi connectivity index (χ4v) is 3.49. The lowest BCUT2D eigenvalue weighted by atomic mass is 10.0. The molecular formula is C21H19IN2O5. The molecule has 1 aliphatic heterocycles. The van der Waals surface area contributed by atoms with Crippen LogP contribution in [0.25, 0.3) is 6.08 Å². The zero-order valence-electron chi connectivity index (χ0n) is 16.1. The van der Waals surface area contributed by atoms with Crippen molar-refractivity contribution >= 4 is 52.2 Å². The Balaban J connectivity index is 2.05. The number of phenols is 1. The van der Waals surface area contributed by atoms with Gasteiger partial charge in [0.1, 0.15) is 5.57 Å². The number of carbonyl (C=O) groups excluding carboxylic acids is 3. The Hall–Kier alpha value is -2.88. The molecule has 29 heavy (non-hydrogen) atoms. The Bertz CT molecular complexity index is 1060. The van der Waals surface area contributed by atoms with E-state index in [-0.39, 0.29) is 17.1 Å². The number of anilines is 1. The second-order valence-electron chi connectivity index (χ2n) is 6.51. The quantitative estimate of drug-likeness (QED) is 0.375. The van der Waals surface area contributed by atoms with Gasteiger partial charge in [-0.1, -0.05) is 6.07 Å². The smallest absolute Gasteiger partial charge is 0.335 e. The van der Waals surface area contributed by atoms with E-state index in [9.17, 15) is 19.5 Å². The van der Waals surface area contributed by atoms with E-state index in [0.29, 0.717) is 21.4 Å². The van der Waals surface area contributed by atoms with Crippen molar-refractivity contribution in [1.29, 1.82) is 0 Å². The topological polar surface area (TPSA) is 95.9 Å². The zero-order valence-corrected chi connectivity index (χ0v) is 18.2. The van der Waals surface area contributed by atoms with Crippen LogP contribution in [0.15, 0.2) is 35.9 Å². The van der Waals surface area contributed by atoms with Gasteiger partial charge in [-0.25, -0.2) is 9.69 Å². The minimum absolute atomic E-state index is 0.0130. The van der Waals surface area contributed by atoms with Gasteiger partial charge in [-0.2, -0.15) is 0 Å². The van der Waals surface area contributed by atoms with Crippen LogP contribution in [0.5, 0.6) is 11.5 Å². The molecule has 2 aromatic carbocycles. The molecule has 2 N–H and O–H groups in total. The van der Waals surface area contributed by atoms with Gasteiger partial charge in [0.2, 0.25) is 0 Å². The number of benzene rings is 2. The summed E-state index contributed by atoms with van der Waals surface area (Å²) in [6, 6.07) is 7.53. The number of barbiturate groups is 1. The van der Waals surface area contributed by atoms with Gasteiger partial charge in [0.05, 0.1) is 15.9 Å². The van der Waals surface area contributed by atoms with E-state index < -0.39 is 17.8 Å². The number of carbonyl (C=O) groups is 3. The molecule has 8 heteroatoms. The Kier molecular flexibility index (Phi) is 5.92. The first kappa shape index (κ1) is 20.8. The summed E-state index contributed by atoms with van der Waals surface area (Å²) in [5, 5.41) is 12.3. The number of urea groups is 1. The number of phenolic OH excluding ortho intramolecular Hbond substituents is 1. The molecule has 1 heterocycles. The first-order valence-electron chi connectivity index (χ1n) is 8.87. The maximum atomic E-state index is 13.0. The molecule has 0 saturated carbocycles. The molecule has 0 spiro atoms. The van der Waals surface area contributed by atoms with E-state index in [1.165, 1.54) is 12.1 Å². The SMILES string of the molecule is CCOc1cc(/C=C2/C(=O)NC(=O)N(c3ccc(C)c(C)c3)C2=O)cc(I)c1O. The number of nitrogens with one attached hydrogen (secondary N) is 1. The lowest BCUT2D eigenvalue weighted by Crippen LogP contribution is -2.54. The van der Waals surface area contributed by atoms with Gasteiger partial charge in [0, 0.05) is 0 Å². The summed E-state index contributed by atoms with van der Waals surface area (Å²) in [6.07, 6.45) is 1.38. The van der Waals surface area contributed by atoms with Gasteiger partial charge < -0.3 is 9.84 Å². The largest absolute Gasteiger partial charge is 0.504 e. The van der Waals surface area contributed by atoms with Crippen molar-refractivity contribution in [2.75, 3.05) is 11.5 Å². The normalized spacial score (nSPS) is 15.7. The third-order valence-corrected chi connectivity index (χ3v) is 5.33. The molecule has 0 atom stereocenters. The van der Waals surface area contributed by atoms with Crippen molar-refractivity contribution in [3.8, 4) is 11.5 Å². The van der Waals surface area contributed by atoms with Crippen molar-refractivity contribution in [2.24, 2.45) is 0 Å². The Morgan fingerprint density at radius 3 is 2.52 bits per heavy atom. The predicted octanol–water partition coefficient (Wildman–Crippen LogP) is 3.68. The average Bonchev–Trinajstić information content (AvgIpc) is 2.65. The maximum Gasteiger partial charge on any atom is 0.335 e. The Morgan fingerprint density at radius 1 is 1.14 bits per heavy atom. The Morgan fingerprint density at radius 2 is 1.86 bits per heavy atom. The van der Waals surface area contributed by atoms with Crippen LogP contribution in [-0.4, -0.2) is 29.6 Å². The third-order valence-electron chi connectivity index (χ3n) is 4.51. The lowest BCUT2D eigenvalue weighted by molar-refractivity contribution is -0.122. The molecule has 0 unspecified atom stereocenters. The summed E-state index contributed by atoms with van der Waals surface area (Å²) in [4.78, 5) is 38.6. The van der Waals surface area contributed by atoms with Crippen LogP contribution in [-0.2, 0) is 9.59 Å². The Labute approximate surface area is 181 Å². The fourth-order valence-electron chi connectivity index (χ4n) is 2.87. The van der Waals surface area contributed by atoms with Gasteiger partial charge in [0.15, 0.2) is 11.5 Å². The van der Waals surface area contributed by atoms with Crippen LogP contribution in [0.4, 0.5) is 10.5 Å². The van der Waals surface area contributed by atoms with Gasteiger partial charge in [0.25, 0.3) is 11.8 Å². The van der Waals surface area contributed by atoms with Gasteiger partial charge in [-0.15, -0.1) is 0 Å². The molecule has 4 amide bonds. The summed E-state index contributed by atoms with van der Waals surface area (Å²) >= 11 is 1.93. The number of ether oxygens (including phenoxy) is 1. The average molecular weight is 506 g/mol. The molecule has 0 radical (unpaired) electrons. The molecule has 2 aromatic rings. The molecule has 0 aromatic heterocycles. The third kappa shape index (κ3) is 4.12. The number of amides is 4. The van der Waals surface area contributed by atoms with Crippen molar-refractivity contribution in [2.45, 2.75) is 20.8 Å². The van der Waals surface area contributed by atoms with Crippen molar-refractivity contribution in [1.82, 2.24) is 5.32 Å². The number of hydrogen-bond acceptors (Lipinski definition) is 5. The molecule has 150 valence electrons.